The molecule has 106 valence electrons. The molecular weight excluding hydrogens is 295 g/mol. The molecule has 0 unspecified atom stereocenters. The van der Waals surface area contributed by atoms with Crippen LogP contribution in [-0.2, 0) is 0 Å². The van der Waals surface area contributed by atoms with Gasteiger partial charge in [0.05, 0.1) is 5.69 Å². The molecule has 0 bridgehead atoms. The number of hydrogen-bond donors (Lipinski definition) is 2. The van der Waals surface area contributed by atoms with Crippen LogP contribution in [0.3, 0.4) is 0 Å². The quantitative estimate of drug-likeness (QED) is 0.838. The lowest BCUT2D eigenvalue weighted by molar-refractivity contribution is 0.102. The summed E-state index contributed by atoms with van der Waals surface area (Å²) in [5.74, 6) is 3.96. The number of rotatable bonds is 2. The standard InChI is InChI=1S/C15H10ClFN2O2/c16-11-4-6-13(12(17)8-11)19-15(21)14-5-3-10(9-18-14)2-1-7-20/h3-6,8-9,20H,7H2,(H,19,21). The molecule has 2 rings (SSSR count). The summed E-state index contributed by atoms with van der Waals surface area (Å²) in [6, 6.07) is 7.00. The summed E-state index contributed by atoms with van der Waals surface area (Å²) in [6.07, 6.45) is 1.40. The van der Waals surface area contributed by atoms with Crippen molar-refractivity contribution >= 4 is 23.2 Å². The predicted molar refractivity (Wildman–Crippen MR) is 77.6 cm³/mol. The Kier molecular flexibility index (Phi) is 4.88. The maximum atomic E-state index is 13.6. The molecule has 2 aromatic rings. The molecule has 1 aromatic heterocycles. The second-order valence-electron chi connectivity index (χ2n) is 3.97. The Morgan fingerprint density at radius 2 is 2.19 bits per heavy atom. The molecule has 0 spiro atoms. The maximum Gasteiger partial charge on any atom is 0.274 e. The van der Waals surface area contributed by atoms with E-state index < -0.39 is 11.7 Å². The Morgan fingerprint density at radius 3 is 2.81 bits per heavy atom. The molecule has 6 heteroatoms. The van der Waals surface area contributed by atoms with E-state index in [1.54, 1.807) is 6.07 Å². The number of nitrogens with one attached hydrogen (secondary N) is 1. The second kappa shape index (κ2) is 6.84. The number of carbonyl (C=O) groups excluding carboxylic acids is 1. The van der Waals surface area contributed by atoms with Crippen molar-refractivity contribution in [2.75, 3.05) is 11.9 Å². The highest BCUT2D eigenvalue weighted by Gasteiger charge is 2.10. The highest BCUT2D eigenvalue weighted by atomic mass is 35.5. The number of anilines is 1. The summed E-state index contributed by atoms with van der Waals surface area (Å²) < 4.78 is 13.6. The van der Waals surface area contributed by atoms with Gasteiger partial charge in [-0.25, -0.2) is 9.37 Å². The van der Waals surface area contributed by atoms with Crippen LogP contribution < -0.4 is 5.32 Å². The molecule has 0 atom stereocenters. The normalized spacial score (nSPS) is 9.67. The number of halogens is 2. The minimum atomic E-state index is -0.624. The molecule has 2 N–H and O–H groups in total. The summed E-state index contributed by atoms with van der Waals surface area (Å²) in [5.41, 5.74) is 0.715. The van der Waals surface area contributed by atoms with Crippen molar-refractivity contribution in [2.45, 2.75) is 0 Å². The van der Waals surface area contributed by atoms with Crippen LogP contribution in [0, 0.1) is 17.7 Å². The Balaban J connectivity index is 2.13. The zero-order chi connectivity index (χ0) is 15.2. The average molecular weight is 305 g/mol. The van der Waals surface area contributed by atoms with Gasteiger partial charge in [-0.15, -0.1) is 0 Å². The van der Waals surface area contributed by atoms with E-state index in [2.05, 4.69) is 22.1 Å². The number of aliphatic hydroxyl groups excluding tert-OH is 1. The number of pyridine rings is 1. The first-order chi connectivity index (χ1) is 10.1. The molecule has 4 nitrogen and oxygen atoms in total. The first-order valence-corrected chi connectivity index (χ1v) is 6.30. The van der Waals surface area contributed by atoms with Crippen LogP contribution in [0.25, 0.3) is 0 Å². The first kappa shape index (κ1) is 15.0. The van der Waals surface area contributed by atoms with Crippen LogP contribution in [0.2, 0.25) is 5.02 Å². The van der Waals surface area contributed by atoms with Gasteiger partial charge < -0.3 is 10.4 Å². The molecule has 1 aromatic carbocycles. The largest absolute Gasteiger partial charge is 0.384 e. The van der Waals surface area contributed by atoms with Crippen molar-refractivity contribution in [1.29, 1.82) is 0 Å². The van der Waals surface area contributed by atoms with E-state index in [1.807, 2.05) is 0 Å². The van der Waals surface area contributed by atoms with E-state index in [1.165, 1.54) is 24.4 Å². The number of amides is 1. The fourth-order valence-electron chi connectivity index (χ4n) is 1.52. The average Bonchev–Trinajstić information content (AvgIpc) is 2.48. The molecule has 1 amide bonds. The van der Waals surface area contributed by atoms with Crippen molar-refractivity contribution in [3.63, 3.8) is 0 Å². The van der Waals surface area contributed by atoms with Crippen LogP contribution in [0.15, 0.2) is 36.5 Å². The zero-order valence-corrected chi connectivity index (χ0v) is 11.5. The summed E-state index contributed by atoms with van der Waals surface area (Å²) >= 11 is 5.63. The summed E-state index contributed by atoms with van der Waals surface area (Å²) in [6.45, 7) is -0.252. The lowest BCUT2D eigenvalue weighted by atomic mass is 10.2. The van der Waals surface area contributed by atoms with Crippen LogP contribution >= 0.6 is 11.6 Å². The number of benzene rings is 1. The molecule has 0 saturated heterocycles. The van der Waals surface area contributed by atoms with Crippen molar-refractivity contribution in [3.8, 4) is 11.8 Å². The van der Waals surface area contributed by atoms with Gasteiger partial charge in [0.15, 0.2) is 0 Å². The maximum absolute atomic E-state index is 13.6. The molecule has 0 aliphatic carbocycles. The molecule has 0 aliphatic rings. The second-order valence-corrected chi connectivity index (χ2v) is 4.41. The van der Waals surface area contributed by atoms with Crippen LogP contribution in [0.4, 0.5) is 10.1 Å². The monoisotopic (exact) mass is 304 g/mol. The van der Waals surface area contributed by atoms with Gasteiger partial charge in [-0.05, 0) is 30.3 Å². The highest BCUT2D eigenvalue weighted by molar-refractivity contribution is 6.30. The lowest BCUT2D eigenvalue weighted by Gasteiger charge is -2.06. The van der Waals surface area contributed by atoms with Gasteiger partial charge in [0.2, 0.25) is 0 Å². The molecule has 0 aliphatic heterocycles. The number of aliphatic hydroxyl groups is 1. The van der Waals surface area contributed by atoms with Gasteiger partial charge in [0, 0.05) is 16.8 Å². The summed E-state index contributed by atoms with van der Waals surface area (Å²) in [7, 11) is 0. The van der Waals surface area contributed by atoms with Crippen LogP contribution in [0.5, 0.6) is 0 Å². The van der Waals surface area contributed by atoms with Crippen molar-refractivity contribution < 1.29 is 14.3 Å². The van der Waals surface area contributed by atoms with Gasteiger partial charge in [0.25, 0.3) is 5.91 Å². The molecule has 0 fully saturated rings. The summed E-state index contributed by atoms with van der Waals surface area (Å²) in [4.78, 5) is 15.9. The third-order valence-corrected chi connectivity index (χ3v) is 2.72. The number of hydrogen-bond acceptors (Lipinski definition) is 3. The first-order valence-electron chi connectivity index (χ1n) is 5.92. The Hall–Kier alpha value is -2.42. The van der Waals surface area contributed by atoms with E-state index in [0.717, 1.165) is 6.07 Å². The Morgan fingerprint density at radius 1 is 1.38 bits per heavy atom. The van der Waals surface area contributed by atoms with E-state index in [4.69, 9.17) is 16.7 Å². The minimum absolute atomic E-state index is 0.0235. The van der Waals surface area contributed by atoms with Crippen molar-refractivity contribution in [2.24, 2.45) is 0 Å². The third kappa shape index (κ3) is 4.02. The van der Waals surface area contributed by atoms with Crippen molar-refractivity contribution in [3.05, 3.63) is 58.6 Å². The van der Waals surface area contributed by atoms with Crippen LogP contribution in [-0.4, -0.2) is 22.6 Å². The molecule has 1 heterocycles. The predicted octanol–water partition coefficient (Wildman–Crippen LogP) is 2.47. The molecule has 0 radical (unpaired) electrons. The summed E-state index contributed by atoms with van der Waals surface area (Å²) in [5, 5.41) is 11.2. The van der Waals surface area contributed by atoms with Gasteiger partial charge in [-0.2, -0.15) is 0 Å². The molecule has 21 heavy (non-hydrogen) atoms. The fourth-order valence-corrected chi connectivity index (χ4v) is 1.68. The fraction of sp³-hybridized carbons (Fsp3) is 0.0667. The van der Waals surface area contributed by atoms with Gasteiger partial charge in [0.1, 0.15) is 18.1 Å². The molecular formula is C15H10ClFN2O2. The third-order valence-electron chi connectivity index (χ3n) is 2.49. The van der Waals surface area contributed by atoms with Gasteiger partial charge in [-0.1, -0.05) is 23.4 Å². The smallest absolute Gasteiger partial charge is 0.274 e. The van der Waals surface area contributed by atoms with Crippen molar-refractivity contribution in [1.82, 2.24) is 4.98 Å². The Bertz CT molecular complexity index is 721. The van der Waals surface area contributed by atoms with E-state index in [0.29, 0.717) is 5.56 Å². The zero-order valence-electron chi connectivity index (χ0n) is 10.7. The lowest BCUT2D eigenvalue weighted by Crippen LogP contribution is -2.14. The van der Waals surface area contributed by atoms with Gasteiger partial charge >= 0.3 is 0 Å². The van der Waals surface area contributed by atoms with E-state index in [9.17, 15) is 9.18 Å². The van der Waals surface area contributed by atoms with Crippen LogP contribution in [0.1, 0.15) is 16.1 Å². The topological polar surface area (TPSA) is 62.2 Å². The highest BCUT2D eigenvalue weighted by Crippen LogP contribution is 2.19. The minimum Gasteiger partial charge on any atom is -0.384 e. The Labute approximate surface area is 125 Å². The SMILES string of the molecule is O=C(Nc1ccc(Cl)cc1F)c1ccc(C#CCO)cn1. The molecule has 0 saturated carbocycles. The van der Waals surface area contributed by atoms with E-state index in [-0.39, 0.29) is 23.0 Å². The number of carbonyl (C=O) groups is 1. The number of aromatic nitrogens is 1. The van der Waals surface area contributed by atoms with E-state index >= 15 is 0 Å². The number of nitrogens with zero attached hydrogens (tertiary/aromatic N) is 1. The van der Waals surface area contributed by atoms with Gasteiger partial charge in [-0.3, -0.25) is 4.79 Å².